The van der Waals surface area contributed by atoms with Gasteiger partial charge in [0.2, 0.25) is 0 Å². The zero-order valence-electron chi connectivity index (χ0n) is 6.44. The van der Waals surface area contributed by atoms with E-state index in [0.29, 0.717) is 11.5 Å². The van der Waals surface area contributed by atoms with Gasteiger partial charge in [-0.1, -0.05) is 18.2 Å². The second kappa shape index (κ2) is 3.31. The zero-order chi connectivity index (χ0) is 8.32. The third kappa shape index (κ3) is 2.00. The second-order valence-corrected chi connectivity index (χ2v) is 4.99. The van der Waals surface area contributed by atoms with Gasteiger partial charge in [0, 0.05) is 0 Å². The van der Waals surface area contributed by atoms with Crippen LogP contribution in [-0.2, 0) is 0 Å². The fourth-order valence-corrected chi connectivity index (χ4v) is 1.86. The van der Waals surface area contributed by atoms with E-state index in [-0.39, 0.29) is 0 Å². The lowest BCUT2D eigenvalue weighted by molar-refractivity contribution is 0.466. The van der Waals surface area contributed by atoms with Gasteiger partial charge in [0.25, 0.3) is 7.72 Å². The van der Waals surface area contributed by atoms with Gasteiger partial charge in [-0.25, -0.2) is 9.79 Å². The first kappa shape index (κ1) is 8.66. The van der Waals surface area contributed by atoms with E-state index in [1.165, 1.54) is 0 Å². The Kier molecular flexibility index (Phi) is 2.61. The van der Waals surface area contributed by atoms with Crippen molar-refractivity contribution in [3.63, 3.8) is 0 Å². The molecule has 0 spiro atoms. The van der Waals surface area contributed by atoms with Crippen molar-refractivity contribution in [2.45, 2.75) is 6.92 Å². The maximum Gasteiger partial charge on any atom is 0.299 e. The summed E-state index contributed by atoms with van der Waals surface area (Å²) in [6.45, 7) is 1.78. The molecule has 1 rings (SSSR count). The first-order valence-corrected chi connectivity index (χ1v) is 5.44. The molecular formula is C8H12O2P+. The van der Waals surface area contributed by atoms with Crippen molar-refractivity contribution in [2.75, 3.05) is 6.16 Å². The lowest BCUT2D eigenvalue weighted by Gasteiger charge is -2.08. The van der Waals surface area contributed by atoms with E-state index in [1.807, 2.05) is 18.2 Å². The van der Waals surface area contributed by atoms with Crippen LogP contribution in [0.1, 0.15) is 6.92 Å². The molecule has 0 amide bonds. The van der Waals surface area contributed by atoms with E-state index < -0.39 is 7.72 Å². The Labute approximate surface area is 67.0 Å². The Balaban J connectivity index is 2.93. The lowest BCUT2D eigenvalue weighted by Crippen LogP contribution is -2.10. The standard InChI is InChI=1S/C8H12O2P/c1-2-11(9,10)8-6-4-3-5-7-8/h3-7,9-10H,2H2,1H3/q+1. The summed E-state index contributed by atoms with van der Waals surface area (Å²) in [5.74, 6) is 0. The number of benzene rings is 1. The highest BCUT2D eigenvalue weighted by atomic mass is 31.2. The van der Waals surface area contributed by atoms with E-state index in [2.05, 4.69) is 0 Å². The van der Waals surface area contributed by atoms with Gasteiger partial charge in [-0.2, -0.15) is 0 Å². The van der Waals surface area contributed by atoms with E-state index >= 15 is 0 Å². The highest BCUT2D eigenvalue weighted by Crippen LogP contribution is 2.47. The molecule has 0 radical (unpaired) electrons. The fourth-order valence-electron chi connectivity index (χ4n) is 0.849. The van der Waals surface area contributed by atoms with Gasteiger partial charge in [-0.05, 0) is 19.1 Å². The first-order valence-electron chi connectivity index (χ1n) is 3.56. The molecule has 0 aliphatic heterocycles. The third-order valence-corrected chi connectivity index (χ3v) is 3.62. The minimum absolute atomic E-state index is 0.414. The lowest BCUT2D eigenvalue weighted by atomic mass is 10.4. The van der Waals surface area contributed by atoms with Crippen LogP contribution in [0, 0.1) is 0 Å². The summed E-state index contributed by atoms with van der Waals surface area (Å²) in [5.41, 5.74) is 0. The molecule has 1 aromatic carbocycles. The molecule has 3 heteroatoms. The maximum absolute atomic E-state index is 9.46. The highest BCUT2D eigenvalue weighted by molar-refractivity contribution is 7.72. The molecule has 0 aromatic heterocycles. The van der Waals surface area contributed by atoms with E-state index in [0.717, 1.165) is 0 Å². The number of hydrogen-bond acceptors (Lipinski definition) is 2. The third-order valence-electron chi connectivity index (χ3n) is 1.61. The smallest absolute Gasteiger partial charge is 0.215 e. The van der Waals surface area contributed by atoms with Crippen LogP contribution in [0.3, 0.4) is 0 Å². The van der Waals surface area contributed by atoms with Crippen molar-refractivity contribution >= 4 is 13.0 Å². The van der Waals surface area contributed by atoms with Crippen LogP contribution in [0.2, 0.25) is 0 Å². The van der Waals surface area contributed by atoms with Crippen molar-refractivity contribution in [1.29, 1.82) is 0 Å². The van der Waals surface area contributed by atoms with Crippen molar-refractivity contribution in [1.82, 2.24) is 0 Å². The van der Waals surface area contributed by atoms with Gasteiger partial charge in [-0.15, -0.1) is 0 Å². The predicted octanol–water partition coefficient (Wildman–Crippen LogP) is 1.16. The summed E-state index contributed by atoms with van der Waals surface area (Å²) in [6.07, 6.45) is 0.414. The van der Waals surface area contributed by atoms with Gasteiger partial charge in [-0.3, -0.25) is 0 Å². The minimum atomic E-state index is -2.78. The SMILES string of the molecule is CC[P+](O)(O)c1ccccc1. The van der Waals surface area contributed by atoms with E-state index in [9.17, 15) is 9.79 Å². The van der Waals surface area contributed by atoms with Gasteiger partial charge in [0.1, 0.15) is 6.16 Å². The summed E-state index contributed by atoms with van der Waals surface area (Å²) >= 11 is 0. The van der Waals surface area contributed by atoms with Crippen LogP contribution in [0.5, 0.6) is 0 Å². The van der Waals surface area contributed by atoms with Gasteiger partial charge in [0.05, 0.1) is 0 Å². The highest BCUT2D eigenvalue weighted by Gasteiger charge is 2.32. The van der Waals surface area contributed by atoms with Crippen LogP contribution in [0.15, 0.2) is 30.3 Å². The number of rotatable bonds is 2. The molecule has 2 nitrogen and oxygen atoms in total. The van der Waals surface area contributed by atoms with Crippen molar-refractivity contribution in [3.05, 3.63) is 30.3 Å². The monoisotopic (exact) mass is 171 g/mol. The van der Waals surface area contributed by atoms with Crippen molar-refractivity contribution < 1.29 is 9.79 Å². The molecule has 11 heavy (non-hydrogen) atoms. The molecule has 0 fully saturated rings. The molecule has 0 saturated carbocycles. The van der Waals surface area contributed by atoms with Gasteiger partial charge in [0.15, 0.2) is 5.30 Å². The molecule has 0 bridgehead atoms. The Hall–Kier alpha value is -0.430. The van der Waals surface area contributed by atoms with E-state index in [4.69, 9.17) is 0 Å². The first-order chi connectivity index (χ1) is 5.17. The molecule has 0 aliphatic carbocycles. The average molecular weight is 171 g/mol. The summed E-state index contributed by atoms with van der Waals surface area (Å²) in [6, 6.07) is 8.98. The molecule has 0 saturated heterocycles. The molecule has 0 unspecified atom stereocenters. The Bertz CT molecular complexity index is 221. The van der Waals surface area contributed by atoms with Gasteiger partial charge >= 0.3 is 0 Å². The second-order valence-electron chi connectivity index (χ2n) is 2.38. The van der Waals surface area contributed by atoms with Crippen LogP contribution in [0.4, 0.5) is 0 Å². The molecule has 60 valence electrons. The summed E-state index contributed by atoms with van der Waals surface area (Å²) in [5, 5.41) is 0.655. The Morgan fingerprint density at radius 3 is 2.18 bits per heavy atom. The Morgan fingerprint density at radius 2 is 1.73 bits per heavy atom. The topological polar surface area (TPSA) is 40.5 Å². The maximum atomic E-state index is 9.46. The molecule has 2 N–H and O–H groups in total. The molecule has 0 atom stereocenters. The summed E-state index contributed by atoms with van der Waals surface area (Å²) in [7, 11) is -2.78. The fraction of sp³-hybridized carbons (Fsp3) is 0.250. The largest absolute Gasteiger partial charge is 0.299 e. The van der Waals surface area contributed by atoms with Crippen molar-refractivity contribution in [3.8, 4) is 0 Å². The van der Waals surface area contributed by atoms with Crippen LogP contribution in [-0.4, -0.2) is 15.9 Å². The van der Waals surface area contributed by atoms with Gasteiger partial charge < -0.3 is 0 Å². The normalized spacial score (nSPS) is 11.5. The van der Waals surface area contributed by atoms with Crippen LogP contribution in [0.25, 0.3) is 0 Å². The predicted molar refractivity (Wildman–Crippen MR) is 48.0 cm³/mol. The van der Waals surface area contributed by atoms with Crippen molar-refractivity contribution in [2.24, 2.45) is 0 Å². The molecule has 0 heterocycles. The van der Waals surface area contributed by atoms with Crippen LogP contribution < -0.4 is 5.30 Å². The molecule has 1 aromatic rings. The summed E-state index contributed by atoms with van der Waals surface area (Å²) < 4.78 is 0. The summed E-state index contributed by atoms with van der Waals surface area (Å²) in [4.78, 5) is 18.9. The average Bonchev–Trinajstić information content (AvgIpc) is 2.06. The Morgan fingerprint density at radius 1 is 1.18 bits per heavy atom. The molecular weight excluding hydrogens is 159 g/mol. The van der Waals surface area contributed by atoms with E-state index in [1.54, 1.807) is 19.1 Å². The van der Waals surface area contributed by atoms with Crippen LogP contribution >= 0.6 is 7.72 Å². The number of hydrogen-bond donors (Lipinski definition) is 2. The molecule has 0 aliphatic rings. The quantitative estimate of drug-likeness (QED) is 0.655. The minimum Gasteiger partial charge on any atom is -0.215 e. The zero-order valence-corrected chi connectivity index (χ0v) is 7.33.